The van der Waals surface area contributed by atoms with E-state index in [0.717, 1.165) is 0 Å². The summed E-state index contributed by atoms with van der Waals surface area (Å²) in [6.45, 7) is 3.78. The van der Waals surface area contributed by atoms with E-state index in [1.54, 1.807) is 19.9 Å². The molecule has 0 unspecified atom stereocenters. The minimum Gasteiger partial charge on any atom is -0.387 e. The highest BCUT2D eigenvalue weighted by Gasteiger charge is 2.54. The Labute approximate surface area is 117 Å². The summed E-state index contributed by atoms with van der Waals surface area (Å²) in [6, 6.07) is 0. The maximum Gasteiger partial charge on any atom is 0.247 e. The molecule has 1 aliphatic carbocycles. The smallest absolute Gasteiger partial charge is 0.247 e. The Kier molecular flexibility index (Phi) is 3.41. The quantitative estimate of drug-likeness (QED) is 0.774. The zero-order valence-electron chi connectivity index (χ0n) is 11.5. The third-order valence-electron chi connectivity index (χ3n) is 3.64. The Morgan fingerprint density at radius 2 is 2.30 bits per heavy atom. The number of aliphatic hydroxyl groups excluding tert-OH is 1. The first kappa shape index (κ1) is 13.8. The number of rotatable bonds is 3. The number of ether oxygens (including phenoxy) is 3. The monoisotopic (exact) mass is 281 g/mol. The summed E-state index contributed by atoms with van der Waals surface area (Å²) >= 11 is 0. The molecule has 2 aliphatic heterocycles. The molecule has 3 aliphatic rings. The molecule has 0 spiro atoms. The number of nitrogens with one attached hydrogen (secondary N) is 1. The van der Waals surface area contributed by atoms with Crippen molar-refractivity contribution >= 4 is 5.91 Å². The molecule has 20 heavy (non-hydrogen) atoms. The molecule has 6 heteroatoms. The van der Waals surface area contributed by atoms with Crippen LogP contribution in [-0.2, 0) is 19.0 Å². The van der Waals surface area contributed by atoms with Gasteiger partial charge in [0.05, 0.1) is 0 Å². The van der Waals surface area contributed by atoms with E-state index in [1.165, 1.54) is 0 Å². The molecule has 0 aromatic heterocycles. The lowest BCUT2D eigenvalue weighted by Gasteiger charge is -2.23. The van der Waals surface area contributed by atoms with Crippen molar-refractivity contribution in [3.05, 3.63) is 23.8 Å². The van der Waals surface area contributed by atoms with Crippen LogP contribution in [0.1, 0.15) is 20.3 Å². The van der Waals surface area contributed by atoms with Gasteiger partial charge in [0.1, 0.15) is 18.3 Å². The second-order valence-electron chi connectivity index (χ2n) is 5.67. The van der Waals surface area contributed by atoms with Crippen LogP contribution >= 0.6 is 0 Å². The van der Waals surface area contributed by atoms with Gasteiger partial charge in [-0.2, -0.15) is 0 Å². The van der Waals surface area contributed by atoms with Gasteiger partial charge >= 0.3 is 0 Å². The molecule has 0 radical (unpaired) electrons. The normalized spacial score (nSPS) is 37.9. The van der Waals surface area contributed by atoms with Crippen molar-refractivity contribution in [3.8, 4) is 0 Å². The zero-order chi connectivity index (χ0) is 14.3. The Morgan fingerprint density at radius 3 is 2.95 bits per heavy atom. The number of fused-ring (bicyclic) bond motifs is 1. The second kappa shape index (κ2) is 4.96. The molecule has 110 valence electrons. The fourth-order valence-electron chi connectivity index (χ4n) is 2.65. The van der Waals surface area contributed by atoms with Gasteiger partial charge in [-0.1, -0.05) is 18.2 Å². The highest BCUT2D eigenvalue weighted by molar-refractivity contribution is 5.94. The summed E-state index contributed by atoms with van der Waals surface area (Å²) in [6.07, 6.45) is 3.80. The molecule has 0 aromatic carbocycles. The van der Waals surface area contributed by atoms with Gasteiger partial charge in [0, 0.05) is 12.1 Å². The number of carbonyl (C=O) groups excluding carboxylic acids is 1. The van der Waals surface area contributed by atoms with Crippen molar-refractivity contribution < 1.29 is 24.1 Å². The third-order valence-corrected chi connectivity index (χ3v) is 3.64. The lowest BCUT2D eigenvalue weighted by Crippen LogP contribution is -2.41. The highest BCUT2D eigenvalue weighted by atomic mass is 16.8. The molecule has 2 N–H and O–H groups in total. The van der Waals surface area contributed by atoms with Crippen LogP contribution in [0, 0.1) is 0 Å². The Hall–Kier alpha value is -1.21. The summed E-state index contributed by atoms with van der Waals surface area (Å²) in [5.74, 6) is -0.879. The standard InChI is InChI=1S/C14H19NO5/c1-14(2)19-11-10(16)9(18-13(11)20-14)7-15-12(17)8-5-3-4-6-8/h3-5,9-11,13,16H,6-7H2,1-2H3,(H,15,17)/t9-,10+,11-,13-/m1/s1. The van der Waals surface area contributed by atoms with Gasteiger partial charge in [-0.3, -0.25) is 4.79 Å². The molecule has 0 bridgehead atoms. The van der Waals surface area contributed by atoms with Gasteiger partial charge in [0.25, 0.3) is 0 Å². The molecule has 0 saturated carbocycles. The molecule has 2 fully saturated rings. The average Bonchev–Trinajstić information content (AvgIpc) is 3.05. The molecular formula is C14H19NO5. The van der Waals surface area contributed by atoms with Gasteiger partial charge in [0.2, 0.25) is 5.91 Å². The van der Waals surface area contributed by atoms with E-state index in [9.17, 15) is 9.90 Å². The average molecular weight is 281 g/mol. The highest BCUT2D eigenvalue weighted by Crippen LogP contribution is 2.37. The SMILES string of the molecule is CC1(C)O[C@H]2O[C@H](CNC(=O)C3=CC=CC3)[C@H](O)[C@H]2O1. The van der Waals surface area contributed by atoms with Crippen molar-refractivity contribution in [1.29, 1.82) is 0 Å². The zero-order valence-corrected chi connectivity index (χ0v) is 11.5. The van der Waals surface area contributed by atoms with E-state index in [0.29, 0.717) is 12.0 Å². The number of hydrogen-bond donors (Lipinski definition) is 2. The van der Waals surface area contributed by atoms with Gasteiger partial charge in [-0.15, -0.1) is 0 Å². The topological polar surface area (TPSA) is 77.0 Å². The first-order valence-corrected chi connectivity index (χ1v) is 6.79. The summed E-state index contributed by atoms with van der Waals surface area (Å²) in [5.41, 5.74) is 0.714. The molecule has 1 amide bonds. The van der Waals surface area contributed by atoms with E-state index in [2.05, 4.69) is 5.32 Å². The lowest BCUT2D eigenvalue weighted by molar-refractivity contribution is -0.214. The van der Waals surface area contributed by atoms with E-state index in [-0.39, 0.29) is 12.5 Å². The molecule has 3 rings (SSSR count). The van der Waals surface area contributed by atoms with Crippen LogP contribution in [0.4, 0.5) is 0 Å². The Balaban J connectivity index is 1.52. The number of allylic oxidation sites excluding steroid dienone is 3. The summed E-state index contributed by atoms with van der Waals surface area (Å²) in [4.78, 5) is 11.8. The predicted molar refractivity (Wildman–Crippen MR) is 69.6 cm³/mol. The minimum atomic E-state index is -0.808. The van der Waals surface area contributed by atoms with E-state index < -0.39 is 30.4 Å². The van der Waals surface area contributed by atoms with Crippen LogP contribution < -0.4 is 5.32 Å². The summed E-state index contributed by atoms with van der Waals surface area (Å²) in [5, 5.41) is 12.9. The van der Waals surface area contributed by atoms with Crippen LogP contribution in [0.2, 0.25) is 0 Å². The van der Waals surface area contributed by atoms with Crippen molar-refractivity contribution in [2.75, 3.05) is 6.54 Å². The van der Waals surface area contributed by atoms with Gasteiger partial charge in [-0.25, -0.2) is 0 Å². The number of amides is 1. The fraction of sp³-hybridized carbons (Fsp3) is 0.643. The maximum atomic E-state index is 11.8. The molecular weight excluding hydrogens is 262 g/mol. The van der Waals surface area contributed by atoms with Crippen molar-refractivity contribution in [3.63, 3.8) is 0 Å². The largest absolute Gasteiger partial charge is 0.387 e. The van der Waals surface area contributed by atoms with Crippen LogP contribution in [0.5, 0.6) is 0 Å². The first-order valence-electron chi connectivity index (χ1n) is 6.79. The Morgan fingerprint density at radius 1 is 1.50 bits per heavy atom. The van der Waals surface area contributed by atoms with Crippen molar-refractivity contribution in [2.24, 2.45) is 0 Å². The van der Waals surface area contributed by atoms with Crippen LogP contribution in [-0.4, -0.2) is 47.9 Å². The summed E-state index contributed by atoms with van der Waals surface area (Å²) < 4.78 is 16.7. The van der Waals surface area contributed by atoms with E-state index >= 15 is 0 Å². The second-order valence-corrected chi connectivity index (χ2v) is 5.67. The van der Waals surface area contributed by atoms with E-state index in [4.69, 9.17) is 14.2 Å². The maximum absolute atomic E-state index is 11.8. The van der Waals surface area contributed by atoms with Crippen molar-refractivity contribution in [2.45, 2.75) is 50.7 Å². The van der Waals surface area contributed by atoms with Crippen LogP contribution in [0.3, 0.4) is 0 Å². The number of aliphatic hydroxyl groups is 1. The van der Waals surface area contributed by atoms with Crippen molar-refractivity contribution in [1.82, 2.24) is 5.32 Å². The fourth-order valence-corrected chi connectivity index (χ4v) is 2.65. The number of hydrogen-bond acceptors (Lipinski definition) is 5. The molecule has 2 heterocycles. The van der Waals surface area contributed by atoms with E-state index in [1.807, 2.05) is 12.2 Å². The Bertz CT molecular complexity index is 470. The summed E-state index contributed by atoms with van der Waals surface area (Å²) in [7, 11) is 0. The lowest BCUT2D eigenvalue weighted by atomic mass is 10.1. The minimum absolute atomic E-state index is 0.134. The molecule has 0 aromatic rings. The molecule has 2 saturated heterocycles. The number of carbonyl (C=O) groups is 1. The molecule has 4 atom stereocenters. The first-order chi connectivity index (χ1) is 9.46. The van der Waals surface area contributed by atoms with Crippen LogP contribution in [0.25, 0.3) is 0 Å². The predicted octanol–water partition coefficient (Wildman–Crippen LogP) is 0.226. The molecule has 6 nitrogen and oxygen atoms in total. The van der Waals surface area contributed by atoms with Crippen LogP contribution in [0.15, 0.2) is 23.8 Å². The van der Waals surface area contributed by atoms with Gasteiger partial charge in [0.15, 0.2) is 12.1 Å². The van der Waals surface area contributed by atoms with Gasteiger partial charge < -0.3 is 24.6 Å². The third kappa shape index (κ3) is 2.52. The van der Waals surface area contributed by atoms with Gasteiger partial charge in [-0.05, 0) is 20.3 Å².